The summed E-state index contributed by atoms with van der Waals surface area (Å²) in [5, 5.41) is 3.24. The lowest BCUT2D eigenvalue weighted by molar-refractivity contribution is -0.120. The summed E-state index contributed by atoms with van der Waals surface area (Å²) in [6.07, 6.45) is 2.05. The number of sulfonamides is 1. The zero-order valence-corrected chi connectivity index (χ0v) is 11.8. The predicted octanol–water partition coefficient (Wildman–Crippen LogP) is 1.50. The minimum atomic E-state index is -3.57. The van der Waals surface area contributed by atoms with Crippen LogP contribution in [-0.2, 0) is 21.2 Å². The van der Waals surface area contributed by atoms with Gasteiger partial charge in [-0.15, -0.1) is 0 Å². The average Bonchev–Trinajstić information content (AvgIpc) is 2.38. The monoisotopic (exact) mass is 280 g/mol. The van der Waals surface area contributed by atoms with Gasteiger partial charge in [-0.05, 0) is 44.4 Å². The van der Waals surface area contributed by atoms with E-state index in [4.69, 9.17) is 0 Å². The summed E-state index contributed by atoms with van der Waals surface area (Å²) in [6, 6.07) is 5.35. The smallest absolute Gasteiger partial charge is 0.263 e. The van der Waals surface area contributed by atoms with Crippen LogP contribution in [0.15, 0.2) is 18.2 Å². The highest BCUT2D eigenvalue weighted by Crippen LogP contribution is 2.40. The average molecular weight is 280 g/mol. The number of hydrogen-bond donors (Lipinski definition) is 1. The molecule has 102 valence electrons. The predicted molar refractivity (Wildman–Crippen MR) is 73.7 cm³/mol. The summed E-state index contributed by atoms with van der Waals surface area (Å²) in [5.74, 6) is -0.372. The topological polar surface area (TPSA) is 66.5 Å². The minimum absolute atomic E-state index is 0.372. The highest BCUT2D eigenvalue weighted by Gasteiger charge is 2.60. The van der Waals surface area contributed by atoms with Crippen molar-refractivity contribution in [2.24, 2.45) is 0 Å². The first-order chi connectivity index (χ1) is 8.85. The maximum atomic E-state index is 12.1. The van der Waals surface area contributed by atoms with Gasteiger partial charge in [0.25, 0.3) is 15.9 Å². The van der Waals surface area contributed by atoms with Crippen molar-refractivity contribution in [3.05, 3.63) is 23.8 Å². The molecule has 1 aromatic carbocycles. The number of nitrogens with zero attached hydrogens (tertiary/aromatic N) is 1. The quantitative estimate of drug-likeness (QED) is 0.846. The van der Waals surface area contributed by atoms with E-state index in [1.807, 2.05) is 6.07 Å². The second kappa shape index (κ2) is 3.72. The summed E-state index contributed by atoms with van der Waals surface area (Å²) in [6.45, 7) is 3.76. The largest absolute Gasteiger partial charge is 0.385 e. The van der Waals surface area contributed by atoms with E-state index in [9.17, 15) is 13.2 Å². The van der Waals surface area contributed by atoms with Gasteiger partial charge in [0.1, 0.15) is 0 Å². The van der Waals surface area contributed by atoms with Crippen molar-refractivity contribution in [1.82, 2.24) is 0 Å². The second-order valence-corrected chi connectivity index (χ2v) is 7.79. The Morgan fingerprint density at radius 3 is 2.74 bits per heavy atom. The second-order valence-electron chi connectivity index (χ2n) is 5.46. The molecule has 0 aromatic heterocycles. The van der Waals surface area contributed by atoms with E-state index in [2.05, 4.69) is 5.32 Å². The van der Waals surface area contributed by atoms with Crippen molar-refractivity contribution < 1.29 is 13.2 Å². The molecule has 1 aromatic rings. The first-order valence-corrected chi connectivity index (χ1v) is 7.76. The number of rotatable bonds is 1. The molecule has 1 saturated heterocycles. The summed E-state index contributed by atoms with van der Waals surface area (Å²) >= 11 is 0. The summed E-state index contributed by atoms with van der Waals surface area (Å²) in [4.78, 5) is 12.0. The highest BCUT2D eigenvalue weighted by molar-refractivity contribution is 7.98. The molecule has 0 atom stereocenters. The van der Waals surface area contributed by atoms with Gasteiger partial charge in [0.2, 0.25) is 0 Å². The van der Waals surface area contributed by atoms with Gasteiger partial charge in [0, 0.05) is 12.2 Å². The fourth-order valence-electron chi connectivity index (χ4n) is 2.48. The maximum Gasteiger partial charge on any atom is 0.263 e. The number of benzene rings is 1. The number of anilines is 2. The first-order valence-electron chi connectivity index (χ1n) is 6.32. The molecule has 2 heterocycles. The molecule has 0 saturated carbocycles. The molecule has 2 aliphatic heterocycles. The van der Waals surface area contributed by atoms with Crippen LogP contribution in [0, 0.1) is 0 Å². The molecular weight excluding hydrogens is 264 g/mol. The normalized spacial score (nSPS) is 23.3. The van der Waals surface area contributed by atoms with Crippen LogP contribution in [0.3, 0.4) is 0 Å². The Bertz CT molecular complexity index is 664. The van der Waals surface area contributed by atoms with Crippen molar-refractivity contribution in [2.45, 2.75) is 31.4 Å². The molecule has 1 fully saturated rings. The molecule has 6 heteroatoms. The van der Waals surface area contributed by atoms with Crippen LogP contribution in [0.4, 0.5) is 11.4 Å². The highest BCUT2D eigenvalue weighted by atomic mass is 32.2. The van der Waals surface area contributed by atoms with Crippen LogP contribution >= 0.6 is 0 Å². The van der Waals surface area contributed by atoms with Crippen LogP contribution in [0.5, 0.6) is 0 Å². The Morgan fingerprint density at radius 1 is 1.32 bits per heavy atom. The van der Waals surface area contributed by atoms with E-state index in [1.54, 1.807) is 12.1 Å². The fraction of sp³-hybridized carbons (Fsp3) is 0.462. The van der Waals surface area contributed by atoms with Crippen molar-refractivity contribution in [3.63, 3.8) is 0 Å². The Labute approximate surface area is 112 Å². The van der Waals surface area contributed by atoms with Gasteiger partial charge in [-0.2, -0.15) is 0 Å². The van der Waals surface area contributed by atoms with E-state index >= 15 is 0 Å². The van der Waals surface area contributed by atoms with Crippen LogP contribution < -0.4 is 9.62 Å². The van der Waals surface area contributed by atoms with Gasteiger partial charge >= 0.3 is 0 Å². The van der Waals surface area contributed by atoms with Gasteiger partial charge in [-0.3, -0.25) is 4.79 Å². The third kappa shape index (κ3) is 1.52. The van der Waals surface area contributed by atoms with E-state index in [0.29, 0.717) is 5.69 Å². The van der Waals surface area contributed by atoms with E-state index in [-0.39, 0.29) is 5.91 Å². The standard InChI is InChI=1S/C13H16N2O3S/c1-13(2)12(16)15(19(13,17)18)10-6-5-9-4-3-7-14-11(9)8-10/h5-6,8,14H,3-4,7H2,1-2H3. The molecule has 1 N–H and O–H groups in total. The minimum Gasteiger partial charge on any atom is -0.385 e. The Hall–Kier alpha value is -1.56. The third-order valence-electron chi connectivity index (χ3n) is 3.85. The molecule has 5 nitrogen and oxygen atoms in total. The maximum absolute atomic E-state index is 12.1. The van der Waals surface area contributed by atoms with Crippen LogP contribution in [0.2, 0.25) is 0 Å². The fourth-order valence-corrected chi connectivity index (χ4v) is 3.96. The zero-order valence-electron chi connectivity index (χ0n) is 10.9. The van der Waals surface area contributed by atoms with Crippen molar-refractivity contribution in [3.8, 4) is 0 Å². The lowest BCUT2D eigenvalue weighted by Gasteiger charge is -2.43. The SMILES string of the molecule is CC1(C)C(=O)N(c2ccc3c(c2)NCCC3)S1(=O)=O. The molecule has 0 radical (unpaired) electrons. The molecule has 2 aliphatic rings. The van der Waals surface area contributed by atoms with E-state index < -0.39 is 14.8 Å². The first kappa shape index (κ1) is 12.5. The van der Waals surface area contributed by atoms with Crippen molar-refractivity contribution in [2.75, 3.05) is 16.2 Å². The van der Waals surface area contributed by atoms with Crippen LogP contribution in [-0.4, -0.2) is 25.6 Å². The number of carbonyl (C=O) groups is 1. The molecule has 0 bridgehead atoms. The number of carbonyl (C=O) groups excluding carboxylic acids is 1. The van der Waals surface area contributed by atoms with E-state index in [1.165, 1.54) is 19.4 Å². The molecule has 1 amide bonds. The zero-order chi connectivity index (χ0) is 13.8. The molecule has 0 spiro atoms. The molecule has 0 unspecified atom stereocenters. The van der Waals surface area contributed by atoms with Gasteiger partial charge in [0.05, 0.1) is 5.69 Å². The number of amides is 1. The molecular formula is C13H16N2O3S. The van der Waals surface area contributed by atoms with Crippen LogP contribution in [0.25, 0.3) is 0 Å². The van der Waals surface area contributed by atoms with Gasteiger partial charge in [-0.1, -0.05) is 6.07 Å². The number of hydrogen-bond acceptors (Lipinski definition) is 4. The van der Waals surface area contributed by atoms with Gasteiger partial charge in [0.15, 0.2) is 4.75 Å². The summed E-state index contributed by atoms with van der Waals surface area (Å²) < 4.78 is 23.9. The Kier molecular flexibility index (Phi) is 2.44. The van der Waals surface area contributed by atoms with Crippen LogP contribution in [0.1, 0.15) is 25.8 Å². The van der Waals surface area contributed by atoms with Crippen molar-refractivity contribution >= 4 is 27.3 Å². The summed E-state index contributed by atoms with van der Waals surface area (Å²) in [5.41, 5.74) is 2.52. The lowest BCUT2D eigenvalue weighted by Crippen LogP contribution is -2.67. The van der Waals surface area contributed by atoms with Gasteiger partial charge in [-0.25, -0.2) is 12.7 Å². The Morgan fingerprint density at radius 2 is 2.05 bits per heavy atom. The molecule has 0 aliphatic carbocycles. The van der Waals surface area contributed by atoms with Crippen molar-refractivity contribution in [1.29, 1.82) is 0 Å². The van der Waals surface area contributed by atoms with Gasteiger partial charge < -0.3 is 5.32 Å². The lowest BCUT2D eigenvalue weighted by atomic mass is 10.0. The van der Waals surface area contributed by atoms with E-state index in [0.717, 1.165) is 29.4 Å². The summed E-state index contributed by atoms with van der Waals surface area (Å²) in [7, 11) is -3.57. The molecule has 19 heavy (non-hydrogen) atoms. The number of aryl methyl sites for hydroxylation is 1. The number of nitrogens with one attached hydrogen (secondary N) is 1. The third-order valence-corrected chi connectivity index (χ3v) is 6.17. The molecule has 3 rings (SSSR count). The Balaban J connectivity index is 2.03. The number of fused-ring (bicyclic) bond motifs is 1.